The monoisotopic (exact) mass is 621 g/mol. The van der Waals surface area contributed by atoms with E-state index in [0.29, 0.717) is 5.02 Å². The lowest BCUT2D eigenvalue weighted by Crippen LogP contribution is -2.25. The highest BCUT2D eigenvalue weighted by Gasteiger charge is 2.30. The molecule has 0 saturated heterocycles. The van der Waals surface area contributed by atoms with Gasteiger partial charge in [0.15, 0.2) is 0 Å². The average Bonchev–Trinajstić information content (AvgIpc) is 3.23. The van der Waals surface area contributed by atoms with E-state index < -0.39 is 0 Å². The summed E-state index contributed by atoms with van der Waals surface area (Å²) in [6, 6.07) is 24.3. The number of nitrogens with zero attached hydrogens (tertiary/aromatic N) is 1. The van der Waals surface area contributed by atoms with E-state index in [1.807, 2.05) is 12.1 Å². The molecule has 1 N–H and O–H groups in total. The number of rotatable bonds is 5. The van der Waals surface area contributed by atoms with Crippen molar-refractivity contribution in [2.24, 2.45) is 5.41 Å². The first-order chi connectivity index (χ1) is 20.7. The van der Waals surface area contributed by atoms with Crippen LogP contribution in [0.25, 0.3) is 38.6 Å². The van der Waals surface area contributed by atoms with E-state index in [9.17, 15) is 5.11 Å². The number of aromatic nitrogens is 1. The molecule has 0 unspecified atom stereocenters. The number of phenols is 1. The molecule has 238 valence electrons. The molecule has 1 aromatic heterocycles. The number of halogens is 1. The van der Waals surface area contributed by atoms with E-state index in [1.165, 1.54) is 27.5 Å². The normalized spacial score (nSPS) is 13.3. The molecule has 0 atom stereocenters. The zero-order chi connectivity index (χ0) is 33.3. The van der Waals surface area contributed by atoms with Gasteiger partial charge in [0.2, 0.25) is 0 Å². The minimum Gasteiger partial charge on any atom is -0.505 e. The second-order valence-electron chi connectivity index (χ2n) is 17.0. The molecule has 45 heavy (non-hydrogen) atoms. The van der Waals surface area contributed by atoms with E-state index in [1.54, 1.807) is 0 Å². The van der Waals surface area contributed by atoms with Crippen LogP contribution in [0.15, 0.2) is 66.7 Å². The molecular weight excluding hydrogens is 570 g/mol. The Morgan fingerprint density at radius 2 is 1.18 bits per heavy atom. The van der Waals surface area contributed by atoms with Gasteiger partial charge in [-0.15, -0.1) is 0 Å². The van der Waals surface area contributed by atoms with Gasteiger partial charge in [0.05, 0.1) is 16.7 Å². The van der Waals surface area contributed by atoms with Crippen molar-refractivity contribution in [3.05, 3.63) is 94.0 Å². The molecule has 5 rings (SSSR count). The summed E-state index contributed by atoms with van der Waals surface area (Å²) in [5, 5.41) is 15.4. The third-order valence-electron chi connectivity index (χ3n) is 9.26. The van der Waals surface area contributed by atoms with Crippen LogP contribution in [0.2, 0.25) is 5.02 Å². The minimum absolute atomic E-state index is 0.0139. The fourth-order valence-electron chi connectivity index (χ4n) is 7.05. The van der Waals surface area contributed by atoms with E-state index >= 15 is 0 Å². The number of hydrogen-bond acceptors (Lipinski definition) is 1. The number of phenolic OH excluding ortho intramolecular Hbond substituents is 1. The zero-order valence-electron chi connectivity index (χ0n) is 29.5. The van der Waals surface area contributed by atoms with Crippen molar-refractivity contribution >= 4 is 33.4 Å². The third kappa shape index (κ3) is 6.54. The maximum atomic E-state index is 12.3. The lowest BCUT2D eigenvalue weighted by Gasteiger charge is -2.34. The Morgan fingerprint density at radius 1 is 0.644 bits per heavy atom. The van der Waals surface area contributed by atoms with Crippen LogP contribution >= 0.6 is 11.6 Å². The Balaban J connectivity index is 1.92. The van der Waals surface area contributed by atoms with Crippen LogP contribution in [0, 0.1) is 5.41 Å². The largest absolute Gasteiger partial charge is 0.505 e. The van der Waals surface area contributed by atoms with E-state index in [0.717, 1.165) is 46.3 Å². The molecule has 0 saturated carbocycles. The second-order valence-corrected chi connectivity index (χ2v) is 17.5. The van der Waals surface area contributed by atoms with Crippen molar-refractivity contribution in [1.82, 2.24) is 4.57 Å². The van der Waals surface area contributed by atoms with Gasteiger partial charge in [-0.25, -0.2) is 0 Å². The highest BCUT2D eigenvalue weighted by molar-refractivity contribution is 6.31. The van der Waals surface area contributed by atoms with Crippen molar-refractivity contribution in [2.75, 3.05) is 0 Å². The number of hydrogen-bond donors (Lipinski definition) is 1. The molecule has 0 bridgehead atoms. The Labute approximate surface area is 276 Å². The van der Waals surface area contributed by atoms with Crippen LogP contribution in [-0.2, 0) is 22.7 Å². The first-order valence-electron chi connectivity index (χ1n) is 16.5. The van der Waals surface area contributed by atoms with Gasteiger partial charge in [0, 0.05) is 21.4 Å². The molecular formula is C42H52ClNO. The quantitative estimate of drug-likeness (QED) is 0.207. The standard InChI is InChI=1S/C42H52ClNO/c1-13-26-18-27(20-31(43)19-26)32-23-30(42(11,12)25-39(2,3)4)24-37(38(32)45)44-35-16-14-28(40(5,6)7)21-33(35)34-22-29(41(8,9)10)15-17-36(34)44/h14-24,45H,13,25H2,1-12H3. The number of aryl methyl sites for hydroxylation is 1. The lowest BCUT2D eigenvalue weighted by molar-refractivity contribution is 0.284. The van der Waals surface area contributed by atoms with E-state index in [4.69, 9.17) is 11.6 Å². The summed E-state index contributed by atoms with van der Waals surface area (Å²) in [5.41, 5.74) is 9.71. The molecule has 0 aliphatic heterocycles. The van der Waals surface area contributed by atoms with Crippen LogP contribution in [0.5, 0.6) is 5.75 Å². The molecule has 2 nitrogen and oxygen atoms in total. The van der Waals surface area contributed by atoms with Crippen LogP contribution < -0.4 is 0 Å². The van der Waals surface area contributed by atoms with Crippen molar-refractivity contribution < 1.29 is 5.11 Å². The van der Waals surface area contributed by atoms with Crippen molar-refractivity contribution in [2.45, 2.75) is 112 Å². The predicted molar refractivity (Wildman–Crippen MR) is 197 cm³/mol. The summed E-state index contributed by atoms with van der Waals surface area (Å²) in [5.74, 6) is 0.272. The van der Waals surface area contributed by atoms with E-state index in [-0.39, 0.29) is 27.4 Å². The summed E-state index contributed by atoms with van der Waals surface area (Å²) in [7, 11) is 0. The Morgan fingerprint density at radius 3 is 1.64 bits per heavy atom. The summed E-state index contributed by atoms with van der Waals surface area (Å²) < 4.78 is 2.28. The fraction of sp³-hybridized carbons (Fsp3) is 0.429. The van der Waals surface area contributed by atoms with Crippen molar-refractivity contribution in [1.29, 1.82) is 0 Å². The summed E-state index contributed by atoms with van der Waals surface area (Å²) in [4.78, 5) is 0. The van der Waals surface area contributed by atoms with Crippen molar-refractivity contribution in [3.8, 4) is 22.6 Å². The molecule has 4 aromatic carbocycles. The Kier molecular flexibility index (Phi) is 8.27. The smallest absolute Gasteiger partial charge is 0.147 e. The Bertz CT molecular complexity index is 1830. The van der Waals surface area contributed by atoms with Gasteiger partial charge in [-0.2, -0.15) is 0 Å². The molecule has 0 aliphatic rings. The Hall–Kier alpha value is -3.23. The van der Waals surface area contributed by atoms with Gasteiger partial charge in [0.25, 0.3) is 0 Å². The topological polar surface area (TPSA) is 25.2 Å². The summed E-state index contributed by atoms with van der Waals surface area (Å²) >= 11 is 6.66. The molecule has 0 aliphatic carbocycles. The molecule has 0 radical (unpaired) electrons. The van der Waals surface area contributed by atoms with Crippen LogP contribution in [0.3, 0.4) is 0 Å². The number of benzene rings is 4. The first kappa shape index (κ1) is 33.1. The van der Waals surface area contributed by atoms with Crippen LogP contribution in [-0.4, -0.2) is 9.67 Å². The first-order valence-corrected chi connectivity index (χ1v) is 16.8. The molecule has 5 aromatic rings. The highest BCUT2D eigenvalue weighted by Crippen LogP contribution is 2.46. The molecule has 3 heteroatoms. The lowest BCUT2D eigenvalue weighted by atomic mass is 9.71. The zero-order valence-corrected chi connectivity index (χ0v) is 30.3. The van der Waals surface area contributed by atoms with Gasteiger partial charge in [-0.05, 0) is 111 Å². The van der Waals surface area contributed by atoms with Gasteiger partial charge >= 0.3 is 0 Å². The second kappa shape index (κ2) is 11.2. The third-order valence-corrected chi connectivity index (χ3v) is 9.48. The molecule has 0 amide bonds. The number of aromatic hydroxyl groups is 1. The van der Waals surface area contributed by atoms with Crippen molar-refractivity contribution in [3.63, 3.8) is 0 Å². The SMILES string of the molecule is CCc1cc(Cl)cc(-c2cc(C(C)(C)CC(C)(C)C)cc(-n3c4ccc(C(C)(C)C)cc4c4cc(C(C)(C)C)ccc43)c2O)c1. The fourth-order valence-corrected chi connectivity index (χ4v) is 7.31. The summed E-state index contributed by atoms with van der Waals surface area (Å²) in [6.45, 7) is 27.3. The molecule has 0 spiro atoms. The van der Waals surface area contributed by atoms with Gasteiger partial charge < -0.3 is 9.67 Å². The van der Waals surface area contributed by atoms with Crippen LogP contribution in [0.1, 0.15) is 112 Å². The molecule has 0 fully saturated rings. The predicted octanol–water partition coefficient (Wildman–Crippen LogP) is 12.7. The maximum absolute atomic E-state index is 12.3. The molecule has 1 heterocycles. The maximum Gasteiger partial charge on any atom is 0.147 e. The average molecular weight is 622 g/mol. The van der Waals surface area contributed by atoms with Gasteiger partial charge in [-0.1, -0.05) is 113 Å². The van der Waals surface area contributed by atoms with Gasteiger partial charge in [-0.3, -0.25) is 0 Å². The summed E-state index contributed by atoms with van der Waals surface area (Å²) in [6.07, 6.45) is 1.87. The van der Waals surface area contributed by atoms with Crippen LogP contribution in [0.4, 0.5) is 0 Å². The van der Waals surface area contributed by atoms with Gasteiger partial charge in [0.1, 0.15) is 5.75 Å². The number of fused-ring (bicyclic) bond motifs is 3. The minimum atomic E-state index is -0.140. The highest BCUT2D eigenvalue weighted by atomic mass is 35.5. The van der Waals surface area contributed by atoms with E-state index in [2.05, 4.69) is 142 Å².